The van der Waals surface area contributed by atoms with Crippen molar-refractivity contribution >= 4 is 17.9 Å². The summed E-state index contributed by atoms with van der Waals surface area (Å²) < 4.78 is 8.64. The first-order valence-electron chi connectivity index (χ1n) is 12.3. The van der Waals surface area contributed by atoms with Gasteiger partial charge in [-0.3, -0.25) is 9.52 Å². The maximum absolute atomic E-state index is 12.1. The van der Waals surface area contributed by atoms with Gasteiger partial charge in [-0.25, -0.2) is 9.97 Å². The lowest BCUT2D eigenvalue weighted by Crippen LogP contribution is -2.41. The molecule has 1 aromatic heterocycles. The van der Waals surface area contributed by atoms with Crippen LogP contribution in [0, 0.1) is 0 Å². The number of hydrogen-bond acceptors (Lipinski definition) is 6. The molecule has 0 saturated carbocycles. The number of nitrogens with one attached hydrogen (secondary N) is 2. The van der Waals surface area contributed by atoms with E-state index in [9.17, 15) is 4.79 Å². The van der Waals surface area contributed by atoms with E-state index < -0.39 is 0 Å². The van der Waals surface area contributed by atoms with Crippen molar-refractivity contribution in [3.05, 3.63) is 66.5 Å². The zero-order valence-corrected chi connectivity index (χ0v) is 21.7. The van der Waals surface area contributed by atoms with Gasteiger partial charge in [-0.1, -0.05) is 81.0 Å². The van der Waals surface area contributed by atoms with Crippen LogP contribution in [0.5, 0.6) is 5.75 Å². The van der Waals surface area contributed by atoms with Gasteiger partial charge in [0.2, 0.25) is 5.91 Å². The first-order chi connectivity index (χ1) is 17.1. The van der Waals surface area contributed by atoms with Crippen LogP contribution in [0.4, 0.5) is 0 Å². The van der Waals surface area contributed by atoms with Gasteiger partial charge in [-0.05, 0) is 43.1 Å². The number of carbonyl (C=O) groups is 1. The predicted molar refractivity (Wildman–Crippen MR) is 145 cm³/mol. The highest BCUT2D eigenvalue weighted by atomic mass is 32.2. The largest absolute Gasteiger partial charge is 0.494 e. The molecule has 35 heavy (non-hydrogen) atoms. The fourth-order valence-electron chi connectivity index (χ4n) is 3.79. The molecule has 0 radical (unpaired) electrons. The molecule has 186 valence electrons. The van der Waals surface area contributed by atoms with Crippen molar-refractivity contribution in [3.8, 4) is 28.3 Å². The van der Waals surface area contributed by atoms with Gasteiger partial charge in [-0.2, -0.15) is 0 Å². The number of benzene rings is 2. The minimum atomic E-state index is -0.272. The van der Waals surface area contributed by atoms with Gasteiger partial charge in [-0.15, -0.1) is 0 Å². The Morgan fingerprint density at radius 1 is 0.914 bits per heavy atom. The molecule has 0 aliphatic rings. The normalized spacial score (nSPS) is 11.7. The molecule has 1 unspecified atom stereocenters. The maximum atomic E-state index is 12.1. The minimum absolute atomic E-state index is 0.0231. The average molecular weight is 493 g/mol. The second kappa shape index (κ2) is 14.5. The number of ether oxygens (including phenoxy) is 1. The molecule has 3 rings (SSSR count). The lowest BCUT2D eigenvalue weighted by Gasteiger charge is -2.15. The second-order valence-electron chi connectivity index (χ2n) is 8.50. The predicted octanol–water partition coefficient (Wildman–Crippen LogP) is 5.68. The van der Waals surface area contributed by atoms with E-state index in [2.05, 4.69) is 26.9 Å². The van der Waals surface area contributed by atoms with Gasteiger partial charge < -0.3 is 10.1 Å². The Morgan fingerprint density at radius 3 is 2.20 bits per heavy atom. The van der Waals surface area contributed by atoms with Crippen molar-refractivity contribution < 1.29 is 9.53 Å². The van der Waals surface area contributed by atoms with Crippen LogP contribution in [0.15, 0.2) is 60.9 Å². The number of amides is 1. The summed E-state index contributed by atoms with van der Waals surface area (Å²) >= 11 is 1.31. The van der Waals surface area contributed by atoms with Crippen molar-refractivity contribution in [2.24, 2.45) is 0 Å². The molecule has 0 bridgehead atoms. The van der Waals surface area contributed by atoms with Crippen LogP contribution in [-0.4, -0.2) is 41.8 Å². The molecule has 0 spiro atoms. The van der Waals surface area contributed by atoms with Crippen LogP contribution in [0.2, 0.25) is 0 Å². The van der Waals surface area contributed by atoms with Crippen molar-refractivity contribution in [2.75, 3.05) is 19.9 Å². The molecule has 7 heteroatoms. The first kappa shape index (κ1) is 26.7. The number of nitrogens with zero attached hydrogens (tertiary/aromatic N) is 2. The third-order valence-electron chi connectivity index (χ3n) is 5.88. The SMILES string of the molecule is CCCCCCCOc1ccc(-c2cnc(-c3ccc(CC(NC)C(=O)NSC)cc3)nc2)cc1. The Labute approximate surface area is 213 Å². The first-order valence-corrected chi connectivity index (χ1v) is 13.5. The number of likely N-dealkylation sites (N-methyl/N-ethyl adjacent to an activating group) is 1. The van der Waals surface area contributed by atoms with Crippen molar-refractivity contribution in [2.45, 2.75) is 51.5 Å². The zero-order chi connectivity index (χ0) is 24.9. The van der Waals surface area contributed by atoms with E-state index in [1.807, 2.05) is 67.2 Å². The van der Waals surface area contributed by atoms with E-state index in [1.165, 1.54) is 37.6 Å². The van der Waals surface area contributed by atoms with E-state index in [4.69, 9.17) is 4.74 Å². The van der Waals surface area contributed by atoms with E-state index in [1.54, 1.807) is 7.05 Å². The zero-order valence-electron chi connectivity index (χ0n) is 20.9. The molecule has 2 aromatic carbocycles. The molecule has 3 aromatic rings. The van der Waals surface area contributed by atoms with E-state index >= 15 is 0 Å². The molecule has 1 amide bonds. The summed E-state index contributed by atoms with van der Waals surface area (Å²) in [6.45, 7) is 2.99. The van der Waals surface area contributed by atoms with Gasteiger partial charge in [0.25, 0.3) is 0 Å². The van der Waals surface area contributed by atoms with Gasteiger partial charge in [0, 0.05) is 29.8 Å². The van der Waals surface area contributed by atoms with Gasteiger partial charge in [0.05, 0.1) is 12.6 Å². The van der Waals surface area contributed by atoms with E-state index in [0.717, 1.165) is 41.0 Å². The summed E-state index contributed by atoms with van der Waals surface area (Å²) in [5.41, 5.74) is 4.04. The molecular weight excluding hydrogens is 456 g/mol. The molecule has 0 fully saturated rings. The van der Waals surface area contributed by atoms with Gasteiger partial charge >= 0.3 is 0 Å². The minimum Gasteiger partial charge on any atom is -0.494 e. The van der Waals surface area contributed by atoms with Crippen molar-refractivity contribution in [1.82, 2.24) is 20.0 Å². The van der Waals surface area contributed by atoms with Crippen molar-refractivity contribution in [3.63, 3.8) is 0 Å². The lowest BCUT2D eigenvalue weighted by molar-refractivity contribution is -0.121. The molecule has 0 saturated heterocycles. The molecule has 1 atom stereocenters. The van der Waals surface area contributed by atoms with E-state index in [-0.39, 0.29) is 11.9 Å². The summed E-state index contributed by atoms with van der Waals surface area (Å²) in [4.78, 5) is 21.2. The monoisotopic (exact) mass is 492 g/mol. The second-order valence-corrected chi connectivity index (χ2v) is 9.11. The molecular formula is C28H36N4O2S. The number of carbonyl (C=O) groups excluding carboxylic acids is 1. The van der Waals surface area contributed by atoms with Crippen LogP contribution in [0.3, 0.4) is 0 Å². The van der Waals surface area contributed by atoms with Crippen LogP contribution in [-0.2, 0) is 11.2 Å². The Kier molecular flexibility index (Phi) is 11.1. The van der Waals surface area contributed by atoms with Crippen molar-refractivity contribution in [1.29, 1.82) is 0 Å². The van der Waals surface area contributed by atoms with Crippen LogP contribution >= 0.6 is 11.9 Å². The Hall–Kier alpha value is -2.90. The maximum Gasteiger partial charge on any atom is 0.247 e. The summed E-state index contributed by atoms with van der Waals surface area (Å²) in [5, 5.41) is 3.07. The number of aromatic nitrogens is 2. The number of unbranched alkanes of at least 4 members (excludes halogenated alkanes) is 4. The molecule has 6 nitrogen and oxygen atoms in total. The van der Waals surface area contributed by atoms with Crippen LogP contribution in [0.25, 0.3) is 22.5 Å². The standard InChI is InChI=1S/C28H36N4O2S/c1-4-5-6-7-8-17-34-25-15-13-22(14-16-25)24-19-30-27(31-20-24)23-11-9-21(10-12-23)18-26(29-2)28(33)32-35-3/h9-16,19-20,26,29H,4-8,17-18H2,1-3H3,(H,32,33). The smallest absolute Gasteiger partial charge is 0.247 e. The molecule has 2 N–H and O–H groups in total. The highest BCUT2D eigenvalue weighted by molar-refractivity contribution is 7.97. The number of rotatable bonds is 14. The van der Waals surface area contributed by atoms with Gasteiger partial charge in [0.15, 0.2) is 5.82 Å². The van der Waals surface area contributed by atoms with Crippen LogP contribution in [0.1, 0.15) is 44.6 Å². The summed E-state index contributed by atoms with van der Waals surface area (Å²) in [6, 6.07) is 15.9. The highest BCUT2D eigenvalue weighted by Crippen LogP contribution is 2.23. The Balaban J connectivity index is 1.55. The quantitative estimate of drug-likeness (QED) is 0.223. The summed E-state index contributed by atoms with van der Waals surface area (Å²) in [7, 11) is 1.80. The molecule has 0 aliphatic carbocycles. The average Bonchev–Trinajstić information content (AvgIpc) is 2.90. The Morgan fingerprint density at radius 2 is 1.57 bits per heavy atom. The third kappa shape index (κ3) is 8.37. The van der Waals surface area contributed by atoms with Gasteiger partial charge in [0.1, 0.15) is 5.75 Å². The summed E-state index contributed by atoms with van der Waals surface area (Å²) in [5.74, 6) is 1.55. The Bertz CT molecular complexity index is 1020. The molecule has 0 aliphatic heterocycles. The topological polar surface area (TPSA) is 76.1 Å². The molecule has 1 heterocycles. The van der Waals surface area contributed by atoms with Crippen LogP contribution < -0.4 is 14.8 Å². The number of hydrogen-bond donors (Lipinski definition) is 2. The fourth-order valence-corrected chi connectivity index (χ4v) is 4.13. The third-order valence-corrected chi connectivity index (χ3v) is 6.28. The van der Waals surface area contributed by atoms with E-state index in [0.29, 0.717) is 12.2 Å². The fraction of sp³-hybridized carbons (Fsp3) is 0.393. The summed E-state index contributed by atoms with van der Waals surface area (Å²) in [6.07, 6.45) is 12.3. The highest BCUT2D eigenvalue weighted by Gasteiger charge is 2.16. The lowest BCUT2D eigenvalue weighted by atomic mass is 10.0.